The van der Waals surface area contributed by atoms with Gasteiger partial charge in [-0.15, -0.1) is 0 Å². The van der Waals surface area contributed by atoms with Crippen LogP contribution in [0.2, 0.25) is 0 Å². The van der Waals surface area contributed by atoms with Crippen molar-refractivity contribution in [2.24, 2.45) is 0 Å². The minimum atomic E-state index is -3.08. The molecule has 0 aromatic heterocycles. The van der Waals surface area contributed by atoms with Crippen LogP contribution >= 0.6 is 10.8 Å². The Bertz CT molecular complexity index is 482. The Balaban J connectivity index is 2.38. The van der Waals surface area contributed by atoms with E-state index >= 15 is 0 Å². The molecule has 0 heterocycles. The second-order valence-corrected chi connectivity index (χ2v) is 7.86. The summed E-state index contributed by atoms with van der Waals surface area (Å²) in [4.78, 5) is 11.5. The number of hydrogen-bond acceptors (Lipinski definition) is 6. The fourth-order valence-corrected chi connectivity index (χ4v) is 2.59. The van der Waals surface area contributed by atoms with E-state index in [1.54, 1.807) is 24.3 Å². The summed E-state index contributed by atoms with van der Waals surface area (Å²) < 4.78 is 26.5. The summed E-state index contributed by atoms with van der Waals surface area (Å²) in [5.41, 5.74) is 6.43. The molecule has 94 valence electrons. The zero-order valence-electron chi connectivity index (χ0n) is 9.25. The average molecular weight is 275 g/mol. The lowest BCUT2D eigenvalue weighted by molar-refractivity contribution is 0.0530. The van der Waals surface area contributed by atoms with Gasteiger partial charge >= 0.3 is 5.97 Å². The highest BCUT2D eigenvalue weighted by Crippen LogP contribution is 2.10. The summed E-state index contributed by atoms with van der Waals surface area (Å²) in [7, 11) is -2.34. The van der Waals surface area contributed by atoms with Gasteiger partial charge in [0.05, 0.1) is 5.56 Å². The molecule has 1 rings (SSSR count). The van der Waals surface area contributed by atoms with Crippen LogP contribution in [0.4, 0.5) is 5.69 Å². The van der Waals surface area contributed by atoms with E-state index in [4.69, 9.17) is 10.5 Å². The van der Waals surface area contributed by atoms with E-state index in [0.29, 0.717) is 11.3 Å². The van der Waals surface area contributed by atoms with Gasteiger partial charge in [-0.3, -0.25) is 0 Å². The predicted molar refractivity (Wildman–Crippen MR) is 68.4 cm³/mol. The molecule has 17 heavy (non-hydrogen) atoms. The van der Waals surface area contributed by atoms with Crippen LogP contribution in [0.3, 0.4) is 0 Å². The van der Waals surface area contributed by atoms with Crippen molar-refractivity contribution in [3.63, 3.8) is 0 Å². The smallest absolute Gasteiger partial charge is 0.338 e. The maximum atomic E-state index is 11.5. The van der Waals surface area contributed by atoms with Crippen molar-refractivity contribution in [2.75, 3.05) is 24.3 Å². The van der Waals surface area contributed by atoms with Gasteiger partial charge in [-0.1, -0.05) is 0 Å². The van der Waals surface area contributed by atoms with Crippen molar-refractivity contribution < 1.29 is 17.9 Å². The Hall–Kier alpha value is -1.21. The summed E-state index contributed by atoms with van der Waals surface area (Å²) in [5, 5.41) is 0. The van der Waals surface area contributed by atoms with Gasteiger partial charge < -0.3 is 10.5 Å². The van der Waals surface area contributed by atoms with Crippen molar-refractivity contribution in [1.82, 2.24) is 0 Å². The fraction of sp³-hybridized carbons (Fsp3) is 0.300. The third-order valence-corrected chi connectivity index (χ3v) is 4.31. The molecule has 0 bridgehead atoms. The van der Waals surface area contributed by atoms with Crippen molar-refractivity contribution >= 4 is 31.3 Å². The number of hydrogen-bond donors (Lipinski definition) is 1. The Morgan fingerprint density at radius 3 is 2.47 bits per heavy atom. The maximum Gasteiger partial charge on any atom is 0.338 e. The first-order valence-corrected chi connectivity index (χ1v) is 8.15. The van der Waals surface area contributed by atoms with E-state index in [1.807, 2.05) is 0 Å². The minimum absolute atomic E-state index is 0.0565. The van der Waals surface area contributed by atoms with Crippen LogP contribution in [0.15, 0.2) is 24.3 Å². The van der Waals surface area contributed by atoms with E-state index < -0.39 is 14.8 Å². The number of rotatable bonds is 5. The summed E-state index contributed by atoms with van der Waals surface area (Å²) in [6.07, 6.45) is 1.11. The second-order valence-electron chi connectivity index (χ2n) is 3.28. The van der Waals surface area contributed by atoms with Crippen LogP contribution < -0.4 is 5.73 Å². The van der Waals surface area contributed by atoms with Gasteiger partial charge in [0.1, 0.15) is 6.61 Å². The first kappa shape index (κ1) is 13.9. The van der Waals surface area contributed by atoms with Crippen LogP contribution in [0.25, 0.3) is 0 Å². The van der Waals surface area contributed by atoms with Crippen LogP contribution in [-0.2, 0) is 13.6 Å². The average Bonchev–Trinajstić information content (AvgIpc) is 2.24. The second kappa shape index (κ2) is 5.92. The van der Waals surface area contributed by atoms with Gasteiger partial charge in [0.2, 0.25) is 0 Å². The van der Waals surface area contributed by atoms with E-state index in [-0.39, 0.29) is 12.4 Å². The highest BCUT2D eigenvalue weighted by molar-refractivity contribution is 8.71. The number of esters is 1. The first-order chi connectivity index (χ1) is 7.88. The Morgan fingerprint density at radius 2 is 1.94 bits per heavy atom. The summed E-state index contributed by atoms with van der Waals surface area (Å²) in [6, 6.07) is 6.31. The highest BCUT2D eigenvalue weighted by Gasteiger charge is 2.07. The van der Waals surface area contributed by atoms with Crippen LogP contribution in [0.1, 0.15) is 10.4 Å². The minimum Gasteiger partial charge on any atom is -0.461 e. The van der Waals surface area contributed by atoms with Gasteiger partial charge in [0, 0.05) is 17.7 Å². The van der Waals surface area contributed by atoms with Crippen molar-refractivity contribution in [1.29, 1.82) is 0 Å². The molecular weight excluding hydrogens is 262 g/mol. The number of carbonyl (C=O) groups excluding carboxylic acids is 1. The standard InChI is InChI=1S/C10H13NO4S2/c1-17(13,14)16-7-6-15-10(12)8-2-4-9(11)5-3-8/h2-5H,6-7,11H2,1H3. The lowest BCUT2D eigenvalue weighted by atomic mass is 10.2. The monoisotopic (exact) mass is 275 g/mol. The Morgan fingerprint density at radius 1 is 1.35 bits per heavy atom. The first-order valence-electron chi connectivity index (χ1n) is 4.75. The summed E-state index contributed by atoms with van der Waals surface area (Å²) in [5.74, 6) is -0.265. The molecule has 2 N–H and O–H groups in total. The van der Waals surface area contributed by atoms with Gasteiger partial charge in [0.15, 0.2) is 8.87 Å². The number of nitrogens with two attached hydrogens (primary N) is 1. The Kier molecular flexibility index (Phi) is 4.83. The largest absolute Gasteiger partial charge is 0.461 e. The van der Waals surface area contributed by atoms with E-state index in [2.05, 4.69) is 0 Å². The molecular formula is C10H13NO4S2. The number of anilines is 1. The third kappa shape index (κ3) is 5.60. The van der Waals surface area contributed by atoms with Crippen LogP contribution in [-0.4, -0.2) is 33.0 Å². The maximum absolute atomic E-state index is 11.5. The normalized spacial score (nSPS) is 11.1. The molecule has 0 unspecified atom stereocenters. The molecule has 5 nitrogen and oxygen atoms in total. The molecule has 1 aromatic rings. The quantitative estimate of drug-likeness (QED) is 0.375. The van der Waals surface area contributed by atoms with E-state index in [9.17, 15) is 13.2 Å². The Labute approximate surface area is 104 Å². The number of ether oxygens (including phenoxy) is 1. The zero-order valence-corrected chi connectivity index (χ0v) is 10.9. The molecule has 0 fully saturated rings. The molecule has 0 atom stereocenters. The number of benzene rings is 1. The summed E-state index contributed by atoms with van der Waals surface area (Å²) in [6.45, 7) is 0.0565. The highest BCUT2D eigenvalue weighted by atomic mass is 33.1. The third-order valence-electron chi connectivity index (χ3n) is 1.76. The van der Waals surface area contributed by atoms with Crippen molar-refractivity contribution in [2.45, 2.75) is 0 Å². The zero-order chi connectivity index (χ0) is 12.9. The summed E-state index contributed by atoms with van der Waals surface area (Å²) >= 11 is 0. The molecule has 0 saturated carbocycles. The van der Waals surface area contributed by atoms with Gasteiger partial charge in [-0.25, -0.2) is 13.2 Å². The molecule has 0 amide bonds. The van der Waals surface area contributed by atoms with Crippen LogP contribution in [0, 0.1) is 0 Å². The molecule has 0 aliphatic rings. The number of nitrogen functional groups attached to an aromatic ring is 1. The van der Waals surface area contributed by atoms with Crippen LogP contribution in [0.5, 0.6) is 0 Å². The lowest BCUT2D eigenvalue weighted by Gasteiger charge is -2.04. The van der Waals surface area contributed by atoms with E-state index in [1.165, 1.54) is 0 Å². The molecule has 0 radical (unpaired) electrons. The molecule has 0 aliphatic carbocycles. The van der Waals surface area contributed by atoms with Crippen molar-refractivity contribution in [3.05, 3.63) is 29.8 Å². The lowest BCUT2D eigenvalue weighted by Crippen LogP contribution is -2.08. The molecule has 0 spiro atoms. The van der Waals surface area contributed by atoms with Gasteiger partial charge in [0.25, 0.3) is 0 Å². The van der Waals surface area contributed by atoms with Gasteiger partial charge in [-0.05, 0) is 35.1 Å². The molecule has 7 heteroatoms. The van der Waals surface area contributed by atoms with Gasteiger partial charge in [-0.2, -0.15) is 0 Å². The van der Waals surface area contributed by atoms with Crippen molar-refractivity contribution in [3.8, 4) is 0 Å². The predicted octanol–water partition coefficient (Wildman–Crippen LogP) is 1.12. The topological polar surface area (TPSA) is 86.5 Å². The number of carbonyl (C=O) groups is 1. The van der Waals surface area contributed by atoms with E-state index in [0.717, 1.165) is 17.0 Å². The molecule has 0 aliphatic heterocycles. The fourth-order valence-electron chi connectivity index (χ4n) is 1.02. The molecule has 0 saturated heterocycles. The molecule has 1 aromatic carbocycles. The SMILES string of the molecule is CS(=O)(=O)SCCOC(=O)c1ccc(N)cc1.